The fraction of sp³-hybridized carbons (Fsp3) is 0.176. The molecule has 2 aromatic rings. The molecule has 0 atom stereocenters. The Morgan fingerprint density at radius 2 is 1.83 bits per heavy atom. The first kappa shape index (κ1) is 16.4. The van der Waals surface area contributed by atoms with E-state index in [1.54, 1.807) is 31.4 Å². The van der Waals surface area contributed by atoms with E-state index in [2.05, 4.69) is 10.6 Å². The zero-order valence-electron chi connectivity index (χ0n) is 13.1. The molecule has 0 aliphatic heterocycles. The van der Waals surface area contributed by atoms with Crippen LogP contribution in [0.3, 0.4) is 0 Å². The van der Waals surface area contributed by atoms with E-state index in [-0.39, 0.29) is 12.5 Å². The Bertz CT molecular complexity index is 712. The molecule has 0 aromatic heterocycles. The van der Waals surface area contributed by atoms with Gasteiger partial charge in [-0.1, -0.05) is 6.07 Å². The lowest BCUT2D eigenvalue weighted by Gasteiger charge is -2.12. The van der Waals surface area contributed by atoms with Gasteiger partial charge in [0.25, 0.3) is 0 Å². The lowest BCUT2D eigenvalue weighted by Crippen LogP contribution is -2.22. The van der Waals surface area contributed by atoms with Gasteiger partial charge in [0.05, 0.1) is 19.3 Å². The van der Waals surface area contributed by atoms with Gasteiger partial charge < -0.3 is 21.1 Å². The molecule has 0 radical (unpaired) electrons. The number of rotatable bonds is 6. The number of primary amides is 1. The van der Waals surface area contributed by atoms with Crippen LogP contribution in [0.15, 0.2) is 42.5 Å². The van der Waals surface area contributed by atoms with Crippen molar-refractivity contribution >= 4 is 23.2 Å². The third kappa shape index (κ3) is 4.47. The van der Waals surface area contributed by atoms with Crippen molar-refractivity contribution in [3.63, 3.8) is 0 Å². The lowest BCUT2D eigenvalue weighted by molar-refractivity contribution is -0.114. The maximum absolute atomic E-state index is 12.0. The molecule has 120 valence electrons. The van der Waals surface area contributed by atoms with Crippen LogP contribution >= 0.6 is 0 Å². The van der Waals surface area contributed by atoms with Crippen molar-refractivity contribution in [2.45, 2.75) is 6.92 Å². The molecule has 0 spiro atoms. The Morgan fingerprint density at radius 3 is 2.43 bits per heavy atom. The highest BCUT2D eigenvalue weighted by molar-refractivity contribution is 5.96. The summed E-state index contributed by atoms with van der Waals surface area (Å²) < 4.78 is 5.25. The SMILES string of the molecule is COc1ccc(C)cc1NCC(=O)Nc1ccc(C(N)=O)cc1. The molecule has 6 heteroatoms. The van der Waals surface area contributed by atoms with Crippen molar-refractivity contribution in [1.82, 2.24) is 0 Å². The predicted molar refractivity (Wildman–Crippen MR) is 89.8 cm³/mol. The molecule has 2 rings (SSSR count). The topological polar surface area (TPSA) is 93.4 Å². The number of carbonyl (C=O) groups is 2. The van der Waals surface area contributed by atoms with Crippen LogP contribution in [-0.2, 0) is 4.79 Å². The van der Waals surface area contributed by atoms with Gasteiger partial charge in [-0.05, 0) is 48.9 Å². The summed E-state index contributed by atoms with van der Waals surface area (Å²) in [6.07, 6.45) is 0. The zero-order valence-corrected chi connectivity index (χ0v) is 13.1. The summed E-state index contributed by atoms with van der Waals surface area (Å²) in [7, 11) is 1.58. The number of amides is 2. The average Bonchev–Trinajstić information content (AvgIpc) is 2.53. The number of carbonyl (C=O) groups excluding carboxylic acids is 2. The third-order valence-corrected chi connectivity index (χ3v) is 3.25. The fourth-order valence-electron chi connectivity index (χ4n) is 2.06. The number of benzene rings is 2. The molecule has 0 bridgehead atoms. The normalized spacial score (nSPS) is 10.0. The Morgan fingerprint density at radius 1 is 1.13 bits per heavy atom. The van der Waals surface area contributed by atoms with E-state index in [0.29, 0.717) is 17.0 Å². The van der Waals surface area contributed by atoms with Gasteiger partial charge in [0, 0.05) is 11.3 Å². The van der Waals surface area contributed by atoms with Gasteiger partial charge in [0.2, 0.25) is 11.8 Å². The molecule has 0 saturated heterocycles. The quantitative estimate of drug-likeness (QED) is 0.762. The smallest absolute Gasteiger partial charge is 0.248 e. The Kier molecular flexibility index (Phi) is 5.19. The number of hydrogen-bond donors (Lipinski definition) is 3. The fourth-order valence-corrected chi connectivity index (χ4v) is 2.06. The lowest BCUT2D eigenvalue weighted by atomic mass is 10.2. The van der Waals surface area contributed by atoms with E-state index >= 15 is 0 Å². The molecular weight excluding hydrogens is 294 g/mol. The summed E-state index contributed by atoms with van der Waals surface area (Å²) in [6, 6.07) is 12.1. The number of methoxy groups -OCH3 is 1. The first-order valence-electron chi connectivity index (χ1n) is 7.08. The van der Waals surface area contributed by atoms with Crippen LogP contribution in [0.5, 0.6) is 5.75 Å². The highest BCUT2D eigenvalue weighted by Crippen LogP contribution is 2.24. The number of anilines is 2. The Hall–Kier alpha value is -3.02. The molecular formula is C17H19N3O3. The Balaban J connectivity index is 1.95. The first-order chi connectivity index (χ1) is 11.0. The molecule has 2 aromatic carbocycles. The summed E-state index contributed by atoms with van der Waals surface area (Å²) >= 11 is 0. The van der Waals surface area contributed by atoms with Crippen LogP contribution < -0.4 is 21.1 Å². The highest BCUT2D eigenvalue weighted by atomic mass is 16.5. The Labute approximate surface area is 134 Å². The third-order valence-electron chi connectivity index (χ3n) is 3.25. The molecule has 0 fully saturated rings. The van der Waals surface area contributed by atoms with E-state index in [1.807, 2.05) is 25.1 Å². The summed E-state index contributed by atoms with van der Waals surface area (Å²) in [4.78, 5) is 23.0. The van der Waals surface area contributed by atoms with Crippen molar-refractivity contribution in [3.8, 4) is 5.75 Å². The van der Waals surface area contributed by atoms with Gasteiger partial charge in [-0.15, -0.1) is 0 Å². The molecule has 0 unspecified atom stereocenters. The van der Waals surface area contributed by atoms with Crippen molar-refractivity contribution in [1.29, 1.82) is 0 Å². The van der Waals surface area contributed by atoms with Gasteiger partial charge in [-0.25, -0.2) is 0 Å². The van der Waals surface area contributed by atoms with Crippen LogP contribution in [0.25, 0.3) is 0 Å². The highest BCUT2D eigenvalue weighted by Gasteiger charge is 2.07. The zero-order chi connectivity index (χ0) is 16.8. The van der Waals surface area contributed by atoms with Crippen LogP contribution in [0.2, 0.25) is 0 Å². The maximum Gasteiger partial charge on any atom is 0.248 e. The maximum atomic E-state index is 12.0. The molecule has 0 aliphatic carbocycles. The molecule has 0 aliphatic rings. The molecule has 6 nitrogen and oxygen atoms in total. The molecule has 0 saturated carbocycles. The second-order valence-corrected chi connectivity index (χ2v) is 5.05. The second-order valence-electron chi connectivity index (χ2n) is 5.05. The van der Waals surface area contributed by atoms with Gasteiger partial charge in [0.15, 0.2) is 0 Å². The number of nitrogens with one attached hydrogen (secondary N) is 2. The first-order valence-corrected chi connectivity index (χ1v) is 7.08. The van der Waals surface area contributed by atoms with Crippen LogP contribution in [0.1, 0.15) is 15.9 Å². The monoisotopic (exact) mass is 313 g/mol. The van der Waals surface area contributed by atoms with Gasteiger partial charge >= 0.3 is 0 Å². The van der Waals surface area contributed by atoms with Crippen molar-refractivity contribution < 1.29 is 14.3 Å². The van der Waals surface area contributed by atoms with Crippen molar-refractivity contribution in [3.05, 3.63) is 53.6 Å². The summed E-state index contributed by atoms with van der Waals surface area (Å²) in [5, 5.41) is 5.78. The number of hydrogen-bond acceptors (Lipinski definition) is 4. The minimum atomic E-state index is -0.504. The van der Waals surface area contributed by atoms with Crippen LogP contribution in [0, 0.1) is 6.92 Å². The molecule has 0 heterocycles. The van der Waals surface area contributed by atoms with E-state index in [9.17, 15) is 9.59 Å². The summed E-state index contributed by atoms with van der Waals surface area (Å²) in [5.41, 5.74) is 7.98. The second kappa shape index (κ2) is 7.31. The van der Waals surface area contributed by atoms with Crippen molar-refractivity contribution in [2.24, 2.45) is 5.73 Å². The van der Waals surface area contributed by atoms with Gasteiger partial charge in [-0.3, -0.25) is 9.59 Å². The van der Waals surface area contributed by atoms with E-state index in [0.717, 1.165) is 11.3 Å². The summed E-state index contributed by atoms with van der Waals surface area (Å²) in [5.74, 6) is -0.0364. The van der Waals surface area contributed by atoms with Gasteiger partial charge in [-0.2, -0.15) is 0 Å². The number of nitrogens with two attached hydrogens (primary N) is 1. The van der Waals surface area contributed by atoms with E-state index < -0.39 is 5.91 Å². The number of aryl methyl sites for hydroxylation is 1. The van der Waals surface area contributed by atoms with Crippen LogP contribution in [-0.4, -0.2) is 25.5 Å². The van der Waals surface area contributed by atoms with Crippen molar-refractivity contribution in [2.75, 3.05) is 24.3 Å². The summed E-state index contributed by atoms with van der Waals surface area (Å²) in [6.45, 7) is 2.06. The largest absolute Gasteiger partial charge is 0.495 e. The van der Waals surface area contributed by atoms with E-state index in [4.69, 9.17) is 10.5 Å². The molecule has 4 N–H and O–H groups in total. The van der Waals surface area contributed by atoms with Gasteiger partial charge in [0.1, 0.15) is 5.75 Å². The average molecular weight is 313 g/mol. The van der Waals surface area contributed by atoms with Crippen LogP contribution in [0.4, 0.5) is 11.4 Å². The molecule has 23 heavy (non-hydrogen) atoms. The predicted octanol–water partition coefficient (Wildman–Crippen LogP) is 2.15. The molecule has 2 amide bonds. The minimum Gasteiger partial charge on any atom is -0.495 e. The minimum absolute atomic E-state index is 0.0946. The number of ether oxygens (including phenoxy) is 1. The standard InChI is InChI=1S/C17H19N3O3/c1-11-3-8-15(23-2)14(9-11)19-10-16(21)20-13-6-4-12(5-7-13)17(18)22/h3-9,19H,10H2,1-2H3,(H2,18,22)(H,20,21). The van der Waals surface area contributed by atoms with E-state index in [1.165, 1.54) is 0 Å².